The average molecular weight is 361 g/mol. The molecule has 0 aromatic heterocycles. The Morgan fingerprint density at radius 2 is 1.96 bits per heavy atom. The number of rotatable bonds is 7. The van der Waals surface area contributed by atoms with E-state index in [-0.39, 0.29) is 24.1 Å². The van der Waals surface area contributed by atoms with Gasteiger partial charge >= 0.3 is 0 Å². The van der Waals surface area contributed by atoms with E-state index in [4.69, 9.17) is 0 Å². The molecule has 0 bridgehead atoms. The Labute approximate surface area is 148 Å². The molecule has 1 amide bonds. The fraction of sp³-hybridized carbons (Fsp3) is 0.588. The van der Waals surface area contributed by atoms with Crippen LogP contribution in [0.3, 0.4) is 0 Å². The molecule has 0 spiro atoms. The predicted molar refractivity (Wildman–Crippen MR) is 96.8 cm³/mol. The molecule has 1 aromatic rings. The molecule has 2 rings (SSSR count). The van der Waals surface area contributed by atoms with Crippen molar-refractivity contribution in [3.05, 3.63) is 30.1 Å². The maximum Gasteiger partial charge on any atom is 0.223 e. The van der Waals surface area contributed by atoms with Crippen LogP contribution in [-0.2, 0) is 4.79 Å². The van der Waals surface area contributed by atoms with Gasteiger partial charge in [0.15, 0.2) is 0 Å². The van der Waals surface area contributed by atoms with Crippen LogP contribution in [-0.4, -0.2) is 42.7 Å². The minimum absolute atomic E-state index is 0. The Balaban J connectivity index is 0.00000264. The van der Waals surface area contributed by atoms with Crippen molar-refractivity contribution in [3.8, 4) is 0 Å². The van der Waals surface area contributed by atoms with E-state index in [0.29, 0.717) is 12.3 Å². The zero-order valence-corrected chi connectivity index (χ0v) is 15.2. The highest BCUT2D eigenvalue weighted by molar-refractivity contribution is 7.99. The summed E-state index contributed by atoms with van der Waals surface area (Å²) in [5, 5.41) is 3.38. The summed E-state index contributed by atoms with van der Waals surface area (Å²) in [6, 6.07) is 6.44. The molecular formula is C17H26ClFN2OS. The van der Waals surface area contributed by atoms with E-state index in [9.17, 15) is 9.18 Å². The third kappa shape index (κ3) is 7.10. The molecule has 1 aromatic carbocycles. The first-order chi connectivity index (χ1) is 10.7. The number of thioether (sulfide) groups is 1. The van der Waals surface area contributed by atoms with Crippen LogP contribution in [0.25, 0.3) is 0 Å². The van der Waals surface area contributed by atoms with Gasteiger partial charge in [0.2, 0.25) is 5.91 Å². The Morgan fingerprint density at radius 1 is 1.30 bits per heavy atom. The van der Waals surface area contributed by atoms with Crippen molar-refractivity contribution < 1.29 is 9.18 Å². The van der Waals surface area contributed by atoms with Crippen molar-refractivity contribution in [3.63, 3.8) is 0 Å². The van der Waals surface area contributed by atoms with Crippen LogP contribution in [0.1, 0.15) is 26.2 Å². The number of carbonyl (C=O) groups excluding carboxylic acids is 1. The number of benzene rings is 1. The summed E-state index contributed by atoms with van der Waals surface area (Å²) in [6.45, 7) is 5.97. The minimum Gasteiger partial charge on any atom is -0.343 e. The number of halogens is 2. The largest absolute Gasteiger partial charge is 0.343 e. The van der Waals surface area contributed by atoms with Crippen LogP contribution in [0.15, 0.2) is 29.2 Å². The van der Waals surface area contributed by atoms with Gasteiger partial charge in [-0.3, -0.25) is 4.79 Å². The van der Waals surface area contributed by atoms with E-state index in [1.165, 1.54) is 12.1 Å². The van der Waals surface area contributed by atoms with E-state index in [2.05, 4.69) is 12.2 Å². The number of amides is 1. The maximum absolute atomic E-state index is 12.8. The van der Waals surface area contributed by atoms with Crippen LogP contribution in [0.4, 0.5) is 4.39 Å². The molecule has 0 atom stereocenters. The quantitative estimate of drug-likeness (QED) is 0.754. The summed E-state index contributed by atoms with van der Waals surface area (Å²) in [4.78, 5) is 15.2. The fourth-order valence-electron chi connectivity index (χ4n) is 2.68. The lowest BCUT2D eigenvalue weighted by atomic mass is 9.96. The van der Waals surface area contributed by atoms with E-state index >= 15 is 0 Å². The second kappa shape index (κ2) is 10.9. The van der Waals surface area contributed by atoms with Gasteiger partial charge in [-0.25, -0.2) is 4.39 Å². The molecule has 1 N–H and O–H groups in total. The molecule has 3 nitrogen and oxygen atoms in total. The van der Waals surface area contributed by atoms with Gasteiger partial charge < -0.3 is 10.2 Å². The molecule has 0 saturated carbocycles. The van der Waals surface area contributed by atoms with Gasteiger partial charge in [-0.2, -0.15) is 0 Å². The number of hydrogen-bond donors (Lipinski definition) is 1. The molecule has 130 valence electrons. The summed E-state index contributed by atoms with van der Waals surface area (Å²) in [5.41, 5.74) is 0. The Morgan fingerprint density at radius 3 is 2.57 bits per heavy atom. The molecule has 23 heavy (non-hydrogen) atoms. The average Bonchev–Trinajstić information content (AvgIpc) is 2.55. The number of carbonyl (C=O) groups is 1. The smallest absolute Gasteiger partial charge is 0.223 e. The highest BCUT2D eigenvalue weighted by atomic mass is 35.5. The van der Waals surface area contributed by atoms with Crippen LogP contribution in [0, 0.1) is 11.7 Å². The van der Waals surface area contributed by atoms with Gasteiger partial charge in [0.05, 0.1) is 0 Å². The molecule has 1 aliphatic heterocycles. The molecule has 1 heterocycles. The minimum atomic E-state index is -0.221. The third-order valence-corrected chi connectivity index (χ3v) is 5.06. The van der Waals surface area contributed by atoms with Gasteiger partial charge in [-0.1, -0.05) is 6.92 Å². The summed E-state index contributed by atoms with van der Waals surface area (Å²) in [7, 11) is 0. The molecule has 1 saturated heterocycles. The molecule has 0 unspecified atom stereocenters. The summed E-state index contributed by atoms with van der Waals surface area (Å²) in [5.74, 6) is 1.48. The van der Waals surface area contributed by atoms with Gasteiger partial charge in [-0.05, 0) is 56.1 Å². The van der Waals surface area contributed by atoms with Crippen molar-refractivity contribution in [1.82, 2.24) is 10.2 Å². The van der Waals surface area contributed by atoms with Crippen LogP contribution >= 0.6 is 24.2 Å². The van der Waals surface area contributed by atoms with Gasteiger partial charge in [0.1, 0.15) is 5.82 Å². The second-order valence-electron chi connectivity index (χ2n) is 5.68. The van der Waals surface area contributed by atoms with Crippen molar-refractivity contribution in [2.75, 3.05) is 31.9 Å². The number of nitrogens with one attached hydrogen (secondary N) is 1. The Bertz CT molecular complexity index is 464. The van der Waals surface area contributed by atoms with Crippen molar-refractivity contribution in [2.45, 2.75) is 31.1 Å². The number of likely N-dealkylation sites (tertiary alicyclic amines) is 1. The number of piperidine rings is 1. The normalized spacial score (nSPS) is 15.3. The standard InChI is InChI=1S/C17H25FN2OS.ClH/c1-2-19-13-14-7-10-20(11-8-14)17(21)9-12-22-16-5-3-15(18)4-6-16;/h3-6,14,19H,2,7-13H2,1H3;1H. The van der Waals surface area contributed by atoms with E-state index in [1.54, 1.807) is 23.9 Å². The fourth-order valence-corrected chi connectivity index (χ4v) is 3.52. The summed E-state index contributed by atoms with van der Waals surface area (Å²) >= 11 is 1.61. The van der Waals surface area contributed by atoms with Crippen molar-refractivity contribution in [2.24, 2.45) is 5.92 Å². The number of nitrogens with zero attached hydrogens (tertiary/aromatic N) is 1. The second-order valence-corrected chi connectivity index (χ2v) is 6.85. The van der Waals surface area contributed by atoms with Gasteiger partial charge in [-0.15, -0.1) is 24.2 Å². The van der Waals surface area contributed by atoms with Crippen molar-refractivity contribution >= 4 is 30.1 Å². The molecule has 0 aliphatic carbocycles. The SMILES string of the molecule is CCNCC1CCN(C(=O)CCSc2ccc(F)cc2)CC1.Cl. The first-order valence-electron chi connectivity index (χ1n) is 8.06. The topological polar surface area (TPSA) is 32.3 Å². The Kier molecular flexibility index (Phi) is 9.60. The third-order valence-electron chi connectivity index (χ3n) is 4.05. The number of hydrogen-bond acceptors (Lipinski definition) is 3. The first-order valence-corrected chi connectivity index (χ1v) is 9.04. The highest BCUT2D eigenvalue weighted by Crippen LogP contribution is 2.21. The van der Waals surface area contributed by atoms with Crippen molar-refractivity contribution in [1.29, 1.82) is 0 Å². The zero-order valence-electron chi connectivity index (χ0n) is 13.6. The molecule has 1 aliphatic rings. The first kappa shape index (κ1) is 20.3. The van der Waals surface area contributed by atoms with Gasteiger partial charge in [0, 0.05) is 30.2 Å². The van der Waals surface area contributed by atoms with E-state index in [0.717, 1.165) is 49.7 Å². The highest BCUT2D eigenvalue weighted by Gasteiger charge is 2.21. The van der Waals surface area contributed by atoms with Crippen LogP contribution < -0.4 is 5.32 Å². The Hall–Kier alpha value is -0.780. The summed E-state index contributed by atoms with van der Waals surface area (Å²) < 4.78 is 12.8. The zero-order chi connectivity index (χ0) is 15.8. The molecule has 0 radical (unpaired) electrons. The van der Waals surface area contributed by atoms with Crippen LogP contribution in [0.5, 0.6) is 0 Å². The van der Waals surface area contributed by atoms with Gasteiger partial charge in [0.25, 0.3) is 0 Å². The summed E-state index contributed by atoms with van der Waals surface area (Å²) in [6.07, 6.45) is 2.76. The lowest BCUT2D eigenvalue weighted by Crippen LogP contribution is -2.40. The van der Waals surface area contributed by atoms with E-state index < -0.39 is 0 Å². The molecule has 1 fully saturated rings. The molecular weight excluding hydrogens is 335 g/mol. The predicted octanol–water partition coefficient (Wildman–Crippen LogP) is 3.58. The monoisotopic (exact) mass is 360 g/mol. The lowest BCUT2D eigenvalue weighted by molar-refractivity contribution is -0.132. The lowest BCUT2D eigenvalue weighted by Gasteiger charge is -2.32. The van der Waals surface area contributed by atoms with Crippen LogP contribution in [0.2, 0.25) is 0 Å². The maximum atomic E-state index is 12.8. The molecule has 6 heteroatoms. The van der Waals surface area contributed by atoms with E-state index in [1.807, 2.05) is 4.90 Å².